The van der Waals surface area contributed by atoms with Crippen molar-refractivity contribution in [1.29, 1.82) is 0 Å². The maximum absolute atomic E-state index is 12.6. The van der Waals surface area contributed by atoms with E-state index in [1.165, 1.54) is 18.2 Å². The molecule has 4 N–H and O–H groups in total. The molecule has 2 aromatic rings. The van der Waals surface area contributed by atoms with Crippen molar-refractivity contribution in [2.75, 3.05) is 11.9 Å². The number of oxazole rings is 1. The largest absolute Gasteiger partial charge is 0.468 e. The predicted octanol–water partition coefficient (Wildman–Crippen LogP) is 1.88. The first-order valence-electron chi connectivity index (χ1n) is 7.39. The summed E-state index contributed by atoms with van der Waals surface area (Å²) in [5, 5.41) is 4.83. The van der Waals surface area contributed by atoms with E-state index in [1.807, 2.05) is 0 Å². The Kier molecular flexibility index (Phi) is 5.31. The average Bonchev–Trinajstić information content (AvgIpc) is 2.95. The number of nitrogens with two attached hydrogens (primary N) is 1. The lowest BCUT2D eigenvalue weighted by molar-refractivity contribution is -0.156. The summed E-state index contributed by atoms with van der Waals surface area (Å²) in [6.45, 7) is 3.23. The Morgan fingerprint density at radius 2 is 2.00 bits per heavy atom. The first-order chi connectivity index (χ1) is 11.6. The summed E-state index contributed by atoms with van der Waals surface area (Å²) < 4.78 is 42.3. The zero-order chi connectivity index (χ0) is 18.8. The van der Waals surface area contributed by atoms with Gasteiger partial charge in [0.15, 0.2) is 5.58 Å². The van der Waals surface area contributed by atoms with E-state index < -0.39 is 29.9 Å². The molecule has 0 unspecified atom stereocenters. The molecule has 2 rings (SSSR count). The van der Waals surface area contributed by atoms with Gasteiger partial charge in [0.05, 0.1) is 12.6 Å². The Morgan fingerprint density at radius 3 is 2.60 bits per heavy atom. The number of rotatable bonds is 5. The molecule has 1 atom stereocenters. The number of halogens is 3. The van der Waals surface area contributed by atoms with Crippen LogP contribution in [0, 0.1) is 5.92 Å². The number of benzene rings is 1. The van der Waals surface area contributed by atoms with Crippen LogP contribution in [0.2, 0.25) is 0 Å². The third-order valence-corrected chi connectivity index (χ3v) is 3.36. The normalized spacial score (nSPS) is 13.1. The molecule has 0 bridgehead atoms. The Labute approximate surface area is 140 Å². The summed E-state index contributed by atoms with van der Waals surface area (Å²) in [5.74, 6) is -2.46. The van der Waals surface area contributed by atoms with Gasteiger partial charge >= 0.3 is 12.1 Å². The van der Waals surface area contributed by atoms with Gasteiger partial charge < -0.3 is 20.8 Å². The molecule has 2 amide bonds. The monoisotopic (exact) mass is 358 g/mol. The highest BCUT2D eigenvalue weighted by Gasteiger charge is 2.37. The number of nitrogens with zero attached hydrogens (tertiary/aromatic N) is 1. The molecule has 136 valence electrons. The minimum absolute atomic E-state index is 0.0454. The number of hydrogen-bond donors (Lipinski definition) is 3. The van der Waals surface area contributed by atoms with Crippen molar-refractivity contribution in [3.05, 3.63) is 24.1 Å². The Bertz CT molecular complexity index is 786. The molecule has 7 nitrogen and oxygen atoms in total. The fourth-order valence-corrected chi connectivity index (χ4v) is 1.92. The van der Waals surface area contributed by atoms with Crippen LogP contribution in [0.15, 0.2) is 22.6 Å². The lowest BCUT2D eigenvalue weighted by Gasteiger charge is -2.15. The number of carbonyl (C=O) groups is 2. The van der Waals surface area contributed by atoms with Crippen LogP contribution >= 0.6 is 0 Å². The van der Waals surface area contributed by atoms with E-state index in [0.717, 1.165) is 0 Å². The SMILES string of the molecule is CC(C)[C@H](N)C(=O)NCC(=O)Nc1ccc2oc(C(F)(F)F)nc2c1. The molecule has 1 heterocycles. The number of alkyl halides is 3. The van der Waals surface area contributed by atoms with Crippen LogP contribution in [0.1, 0.15) is 19.7 Å². The van der Waals surface area contributed by atoms with Gasteiger partial charge in [-0.05, 0) is 24.1 Å². The summed E-state index contributed by atoms with van der Waals surface area (Å²) in [4.78, 5) is 26.8. The third kappa shape index (κ3) is 4.69. The third-order valence-electron chi connectivity index (χ3n) is 3.36. The molecule has 0 aliphatic heterocycles. The van der Waals surface area contributed by atoms with Crippen molar-refractivity contribution >= 4 is 28.6 Å². The number of carbonyl (C=O) groups excluding carboxylic acids is 2. The van der Waals surface area contributed by atoms with E-state index in [2.05, 4.69) is 20.0 Å². The second kappa shape index (κ2) is 7.09. The van der Waals surface area contributed by atoms with Gasteiger partial charge in [-0.3, -0.25) is 9.59 Å². The Balaban J connectivity index is 2.00. The molecule has 25 heavy (non-hydrogen) atoms. The number of amides is 2. The zero-order valence-corrected chi connectivity index (χ0v) is 13.5. The lowest BCUT2D eigenvalue weighted by atomic mass is 10.1. The van der Waals surface area contributed by atoms with E-state index >= 15 is 0 Å². The van der Waals surface area contributed by atoms with Gasteiger partial charge in [-0.2, -0.15) is 13.2 Å². The second-order valence-corrected chi connectivity index (χ2v) is 5.74. The number of fused-ring (bicyclic) bond motifs is 1. The summed E-state index contributed by atoms with van der Waals surface area (Å²) in [7, 11) is 0. The van der Waals surface area contributed by atoms with Crippen molar-refractivity contribution in [2.24, 2.45) is 11.7 Å². The predicted molar refractivity (Wildman–Crippen MR) is 83.5 cm³/mol. The van der Waals surface area contributed by atoms with E-state index in [9.17, 15) is 22.8 Å². The molecular weight excluding hydrogens is 341 g/mol. The van der Waals surface area contributed by atoms with E-state index in [-0.39, 0.29) is 29.2 Å². The van der Waals surface area contributed by atoms with Crippen LogP contribution in [-0.4, -0.2) is 29.4 Å². The average molecular weight is 358 g/mol. The first-order valence-corrected chi connectivity index (χ1v) is 7.39. The summed E-state index contributed by atoms with van der Waals surface area (Å²) >= 11 is 0. The Hall–Kier alpha value is -2.62. The number of nitrogens with one attached hydrogen (secondary N) is 2. The fourth-order valence-electron chi connectivity index (χ4n) is 1.92. The molecule has 0 radical (unpaired) electrons. The molecule has 1 aromatic carbocycles. The second-order valence-electron chi connectivity index (χ2n) is 5.74. The van der Waals surface area contributed by atoms with Gasteiger partial charge in [-0.25, -0.2) is 4.98 Å². The molecule has 1 aromatic heterocycles. The fraction of sp³-hybridized carbons (Fsp3) is 0.400. The van der Waals surface area contributed by atoms with Crippen LogP contribution in [0.25, 0.3) is 11.1 Å². The highest BCUT2D eigenvalue weighted by Crippen LogP contribution is 2.31. The summed E-state index contributed by atoms with van der Waals surface area (Å²) in [6.07, 6.45) is -4.69. The molecule has 0 spiro atoms. The summed E-state index contributed by atoms with van der Waals surface area (Å²) in [6, 6.07) is 3.14. The number of aromatic nitrogens is 1. The van der Waals surface area contributed by atoms with Gasteiger partial charge in [0.25, 0.3) is 0 Å². The van der Waals surface area contributed by atoms with Crippen molar-refractivity contribution in [3.8, 4) is 0 Å². The van der Waals surface area contributed by atoms with Crippen molar-refractivity contribution < 1.29 is 27.2 Å². The van der Waals surface area contributed by atoms with Crippen molar-refractivity contribution in [2.45, 2.75) is 26.1 Å². The van der Waals surface area contributed by atoms with Crippen LogP contribution in [0.4, 0.5) is 18.9 Å². The zero-order valence-electron chi connectivity index (χ0n) is 13.5. The highest BCUT2D eigenvalue weighted by atomic mass is 19.4. The van der Waals surface area contributed by atoms with Crippen molar-refractivity contribution in [1.82, 2.24) is 10.3 Å². The standard InChI is InChI=1S/C15H17F3N4O3/c1-7(2)12(19)13(24)20-6-11(23)21-8-3-4-10-9(5-8)22-14(25-10)15(16,17)18/h3-5,7,12H,6,19H2,1-2H3,(H,20,24)(H,21,23)/t12-/m0/s1. The smallest absolute Gasteiger partial charge is 0.433 e. The van der Waals surface area contributed by atoms with Gasteiger partial charge in [-0.1, -0.05) is 13.8 Å². The topological polar surface area (TPSA) is 110 Å². The molecule has 0 fully saturated rings. The number of anilines is 1. The van der Waals surface area contributed by atoms with Crippen LogP contribution in [-0.2, 0) is 15.8 Å². The van der Waals surface area contributed by atoms with Gasteiger partial charge in [0.2, 0.25) is 11.8 Å². The minimum Gasteiger partial charge on any atom is -0.433 e. The van der Waals surface area contributed by atoms with Crippen molar-refractivity contribution in [3.63, 3.8) is 0 Å². The van der Waals surface area contributed by atoms with E-state index in [0.29, 0.717) is 0 Å². The van der Waals surface area contributed by atoms with Gasteiger partial charge in [-0.15, -0.1) is 0 Å². The Morgan fingerprint density at radius 1 is 1.32 bits per heavy atom. The molecular formula is C15H17F3N4O3. The summed E-state index contributed by atoms with van der Waals surface area (Å²) in [5.41, 5.74) is 5.77. The highest BCUT2D eigenvalue weighted by molar-refractivity contribution is 5.96. The van der Waals surface area contributed by atoms with Crippen LogP contribution < -0.4 is 16.4 Å². The van der Waals surface area contributed by atoms with Crippen LogP contribution in [0.3, 0.4) is 0 Å². The molecule has 0 saturated carbocycles. The van der Waals surface area contributed by atoms with Crippen LogP contribution in [0.5, 0.6) is 0 Å². The molecule has 0 aliphatic rings. The molecule has 10 heteroatoms. The number of hydrogen-bond acceptors (Lipinski definition) is 5. The molecule has 0 aliphatic carbocycles. The van der Waals surface area contributed by atoms with Gasteiger partial charge in [0.1, 0.15) is 5.52 Å². The quantitative estimate of drug-likeness (QED) is 0.756. The first kappa shape index (κ1) is 18.7. The maximum atomic E-state index is 12.6. The maximum Gasteiger partial charge on any atom is 0.468 e. The van der Waals surface area contributed by atoms with E-state index in [1.54, 1.807) is 13.8 Å². The minimum atomic E-state index is -4.69. The van der Waals surface area contributed by atoms with E-state index in [4.69, 9.17) is 5.73 Å². The molecule has 0 saturated heterocycles. The lowest BCUT2D eigenvalue weighted by Crippen LogP contribution is -2.46. The van der Waals surface area contributed by atoms with Gasteiger partial charge in [0, 0.05) is 5.69 Å².